The highest BCUT2D eigenvalue weighted by Gasteiger charge is 2.12. The number of aromatic amines is 1. The van der Waals surface area contributed by atoms with Crippen LogP contribution in [-0.2, 0) is 4.74 Å². The Morgan fingerprint density at radius 2 is 2.17 bits per heavy atom. The Bertz CT molecular complexity index is 637. The molecule has 1 N–H and O–H groups in total. The number of hydrogen-bond acceptors (Lipinski definition) is 3. The molecule has 0 bridgehead atoms. The maximum Gasteiger partial charge on any atom is 0.338 e. The molecule has 18 heavy (non-hydrogen) atoms. The lowest BCUT2D eigenvalue weighted by Gasteiger charge is -2.07. The second-order valence-corrected chi connectivity index (χ2v) is 4.35. The van der Waals surface area contributed by atoms with Crippen LogP contribution in [0.5, 0.6) is 0 Å². The highest BCUT2D eigenvalue weighted by molar-refractivity contribution is 5.93. The van der Waals surface area contributed by atoms with Crippen molar-refractivity contribution >= 4 is 17.0 Å². The first-order valence-corrected chi connectivity index (χ1v) is 5.96. The molecule has 0 unspecified atom stereocenters. The van der Waals surface area contributed by atoms with E-state index < -0.39 is 0 Å². The van der Waals surface area contributed by atoms with Gasteiger partial charge in [0.2, 0.25) is 0 Å². The molecular formula is C13H16N2O3. The summed E-state index contributed by atoms with van der Waals surface area (Å²) in [4.78, 5) is 26.1. The zero-order chi connectivity index (χ0) is 13.3. The molecule has 2 rings (SSSR count). The zero-order valence-electron chi connectivity index (χ0n) is 10.7. The predicted molar refractivity (Wildman–Crippen MR) is 68.9 cm³/mol. The van der Waals surface area contributed by atoms with Crippen molar-refractivity contribution in [1.82, 2.24) is 9.55 Å². The van der Waals surface area contributed by atoms with Gasteiger partial charge in [-0.25, -0.2) is 9.59 Å². The number of imidazole rings is 1. The van der Waals surface area contributed by atoms with Crippen molar-refractivity contribution in [2.75, 3.05) is 6.61 Å². The first kappa shape index (κ1) is 12.4. The van der Waals surface area contributed by atoms with Crippen molar-refractivity contribution in [2.45, 2.75) is 26.8 Å². The molecule has 1 aromatic carbocycles. The summed E-state index contributed by atoms with van der Waals surface area (Å²) in [5, 5.41) is 0. The first-order valence-electron chi connectivity index (χ1n) is 5.96. The molecule has 0 saturated carbocycles. The topological polar surface area (TPSA) is 64.1 Å². The van der Waals surface area contributed by atoms with Crippen molar-refractivity contribution in [1.29, 1.82) is 0 Å². The first-order chi connectivity index (χ1) is 8.54. The summed E-state index contributed by atoms with van der Waals surface area (Å²) in [6, 6.07) is 5.15. The van der Waals surface area contributed by atoms with E-state index in [0.717, 1.165) is 5.52 Å². The van der Waals surface area contributed by atoms with Crippen LogP contribution in [-0.4, -0.2) is 22.1 Å². The summed E-state index contributed by atoms with van der Waals surface area (Å²) in [6.45, 7) is 5.97. The standard InChI is InChI=1S/C13H16N2O3/c1-4-18-12(16)9-5-6-11-10(7-9)14-13(17)15(11)8(2)3/h5-8H,4H2,1-3H3,(H,14,17). The molecule has 2 aromatic rings. The monoisotopic (exact) mass is 248 g/mol. The molecule has 1 aromatic heterocycles. The number of aromatic nitrogens is 2. The van der Waals surface area contributed by atoms with Gasteiger partial charge in [-0.3, -0.25) is 4.57 Å². The molecule has 5 nitrogen and oxygen atoms in total. The largest absolute Gasteiger partial charge is 0.462 e. The van der Waals surface area contributed by atoms with E-state index in [0.29, 0.717) is 17.7 Å². The van der Waals surface area contributed by atoms with Crippen LogP contribution in [0.3, 0.4) is 0 Å². The highest BCUT2D eigenvalue weighted by Crippen LogP contribution is 2.16. The van der Waals surface area contributed by atoms with Gasteiger partial charge < -0.3 is 9.72 Å². The Morgan fingerprint density at radius 1 is 1.44 bits per heavy atom. The van der Waals surface area contributed by atoms with Gasteiger partial charge in [0.1, 0.15) is 0 Å². The number of carbonyl (C=O) groups is 1. The van der Waals surface area contributed by atoms with Crippen LogP contribution < -0.4 is 5.69 Å². The van der Waals surface area contributed by atoms with Crippen LogP contribution in [0.15, 0.2) is 23.0 Å². The molecule has 1 heterocycles. The Balaban J connectivity index is 2.54. The average molecular weight is 248 g/mol. The van der Waals surface area contributed by atoms with E-state index in [4.69, 9.17) is 4.74 Å². The molecule has 0 aliphatic rings. The van der Waals surface area contributed by atoms with E-state index in [1.165, 1.54) is 0 Å². The van der Waals surface area contributed by atoms with Gasteiger partial charge in [-0.05, 0) is 39.0 Å². The minimum absolute atomic E-state index is 0.0692. The second kappa shape index (κ2) is 4.68. The van der Waals surface area contributed by atoms with E-state index in [2.05, 4.69) is 4.98 Å². The van der Waals surface area contributed by atoms with Crippen LogP contribution in [0.2, 0.25) is 0 Å². The SMILES string of the molecule is CCOC(=O)c1ccc2c(c1)[nH]c(=O)n2C(C)C. The summed E-state index contributed by atoms with van der Waals surface area (Å²) in [7, 11) is 0. The van der Waals surface area contributed by atoms with Gasteiger partial charge >= 0.3 is 11.7 Å². The van der Waals surface area contributed by atoms with Crippen LogP contribution in [0, 0.1) is 0 Å². The average Bonchev–Trinajstić information content (AvgIpc) is 2.63. The molecule has 0 aliphatic heterocycles. The number of fused-ring (bicyclic) bond motifs is 1. The second-order valence-electron chi connectivity index (χ2n) is 4.35. The summed E-state index contributed by atoms with van der Waals surface area (Å²) >= 11 is 0. The molecule has 0 spiro atoms. The van der Waals surface area contributed by atoms with Gasteiger partial charge in [-0.2, -0.15) is 0 Å². The maximum absolute atomic E-state index is 11.8. The van der Waals surface area contributed by atoms with Crippen molar-refractivity contribution in [3.05, 3.63) is 34.2 Å². The van der Waals surface area contributed by atoms with Gasteiger partial charge in [0.15, 0.2) is 0 Å². The molecule has 0 aliphatic carbocycles. The lowest BCUT2D eigenvalue weighted by molar-refractivity contribution is 0.0526. The van der Waals surface area contributed by atoms with Gasteiger partial charge in [-0.1, -0.05) is 0 Å². The number of hydrogen-bond donors (Lipinski definition) is 1. The third kappa shape index (κ3) is 2.03. The molecule has 0 saturated heterocycles. The van der Waals surface area contributed by atoms with Gasteiger partial charge in [0, 0.05) is 6.04 Å². The summed E-state index contributed by atoms with van der Waals surface area (Å²) in [5.41, 5.74) is 1.73. The Hall–Kier alpha value is -2.04. The number of H-pyrrole nitrogens is 1. The maximum atomic E-state index is 11.8. The lowest BCUT2D eigenvalue weighted by atomic mass is 10.2. The number of ether oxygens (including phenoxy) is 1. The molecule has 0 radical (unpaired) electrons. The fraction of sp³-hybridized carbons (Fsp3) is 0.385. The molecule has 5 heteroatoms. The Morgan fingerprint density at radius 3 is 2.78 bits per heavy atom. The van der Waals surface area contributed by atoms with Crippen LogP contribution in [0.4, 0.5) is 0 Å². The third-order valence-corrected chi connectivity index (χ3v) is 2.74. The van der Waals surface area contributed by atoms with E-state index in [1.54, 1.807) is 29.7 Å². The molecule has 0 atom stereocenters. The van der Waals surface area contributed by atoms with Crippen molar-refractivity contribution in [3.8, 4) is 0 Å². The van der Waals surface area contributed by atoms with Crippen LogP contribution in [0.25, 0.3) is 11.0 Å². The van der Waals surface area contributed by atoms with Gasteiger partial charge in [0.25, 0.3) is 0 Å². The summed E-state index contributed by atoms with van der Waals surface area (Å²) < 4.78 is 6.58. The molecule has 0 fully saturated rings. The molecule has 96 valence electrons. The quantitative estimate of drug-likeness (QED) is 0.846. The number of nitrogens with zero attached hydrogens (tertiary/aromatic N) is 1. The lowest BCUT2D eigenvalue weighted by Crippen LogP contribution is -2.18. The molecule has 0 amide bonds. The van der Waals surface area contributed by atoms with Gasteiger partial charge in [-0.15, -0.1) is 0 Å². The Kier molecular flexibility index (Phi) is 3.23. The summed E-state index contributed by atoms with van der Waals surface area (Å²) in [6.07, 6.45) is 0. The number of nitrogens with one attached hydrogen (secondary N) is 1. The number of benzene rings is 1. The number of carbonyl (C=O) groups excluding carboxylic acids is 1. The van der Waals surface area contributed by atoms with E-state index in [9.17, 15) is 9.59 Å². The van der Waals surface area contributed by atoms with Crippen LogP contribution >= 0.6 is 0 Å². The third-order valence-electron chi connectivity index (χ3n) is 2.74. The fourth-order valence-electron chi connectivity index (χ4n) is 1.99. The Labute approximate surface area is 104 Å². The van der Waals surface area contributed by atoms with Gasteiger partial charge in [0.05, 0.1) is 23.2 Å². The highest BCUT2D eigenvalue weighted by atomic mass is 16.5. The fourth-order valence-corrected chi connectivity index (χ4v) is 1.99. The summed E-state index contributed by atoms with van der Waals surface area (Å²) in [5.74, 6) is -0.377. The predicted octanol–water partition coefficient (Wildman–Crippen LogP) is 2.09. The van der Waals surface area contributed by atoms with Crippen LogP contribution in [0.1, 0.15) is 37.2 Å². The zero-order valence-corrected chi connectivity index (χ0v) is 10.7. The van der Waals surface area contributed by atoms with E-state index in [1.807, 2.05) is 13.8 Å². The minimum Gasteiger partial charge on any atom is -0.462 e. The van der Waals surface area contributed by atoms with E-state index in [-0.39, 0.29) is 17.7 Å². The number of esters is 1. The van der Waals surface area contributed by atoms with Crippen molar-refractivity contribution < 1.29 is 9.53 Å². The molecular weight excluding hydrogens is 232 g/mol. The van der Waals surface area contributed by atoms with Crippen molar-refractivity contribution in [3.63, 3.8) is 0 Å². The number of rotatable bonds is 3. The van der Waals surface area contributed by atoms with E-state index >= 15 is 0 Å². The minimum atomic E-state index is -0.377. The van der Waals surface area contributed by atoms with Crippen molar-refractivity contribution in [2.24, 2.45) is 0 Å². The smallest absolute Gasteiger partial charge is 0.338 e. The normalized spacial score (nSPS) is 11.1.